The summed E-state index contributed by atoms with van der Waals surface area (Å²) in [6.45, 7) is 0.450. The van der Waals surface area contributed by atoms with E-state index < -0.39 is 0 Å². The largest absolute Gasteiger partial charge is 0.487 e. The number of halogens is 2. The number of hydrogen-bond acceptors (Lipinski definition) is 1. The number of aromatic nitrogens is 1. The molecule has 0 saturated heterocycles. The molecule has 2 nitrogen and oxygen atoms in total. The molecule has 1 N–H and O–H groups in total. The van der Waals surface area contributed by atoms with E-state index in [1.807, 2.05) is 42.5 Å². The van der Waals surface area contributed by atoms with Gasteiger partial charge in [0.25, 0.3) is 0 Å². The lowest BCUT2D eigenvalue weighted by molar-refractivity contribution is 0.302. The fourth-order valence-corrected chi connectivity index (χ4v) is 2.38. The Kier molecular flexibility index (Phi) is 3.36. The van der Waals surface area contributed by atoms with E-state index in [0.717, 1.165) is 22.3 Å². The van der Waals surface area contributed by atoms with Gasteiger partial charge in [-0.2, -0.15) is 0 Å². The van der Waals surface area contributed by atoms with Crippen LogP contribution < -0.4 is 4.74 Å². The van der Waals surface area contributed by atoms with E-state index in [0.29, 0.717) is 16.7 Å². The molecule has 0 aliphatic heterocycles. The number of fused-ring (bicyclic) bond motifs is 1. The molecule has 0 atom stereocenters. The van der Waals surface area contributed by atoms with Gasteiger partial charge in [-0.05, 0) is 30.3 Å². The molecule has 1 heterocycles. The predicted octanol–water partition coefficient (Wildman–Crippen LogP) is 5.05. The number of H-pyrrole nitrogens is 1. The quantitative estimate of drug-likeness (QED) is 0.717. The highest BCUT2D eigenvalue weighted by Gasteiger charge is 2.04. The van der Waals surface area contributed by atoms with Gasteiger partial charge in [-0.15, -0.1) is 0 Å². The molecule has 0 aliphatic rings. The Morgan fingerprint density at radius 1 is 1.00 bits per heavy atom. The van der Waals surface area contributed by atoms with Crippen LogP contribution in [0.15, 0.2) is 48.5 Å². The first-order chi connectivity index (χ1) is 9.22. The van der Waals surface area contributed by atoms with Crippen molar-refractivity contribution in [2.24, 2.45) is 0 Å². The summed E-state index contributed by atoms with van der Waals surface area (Å²) in [5, 5.41) is 2.46. The minimum atomic E-state index is 0.450. The van der Waals surface area contributed by atoms with Gasteiger partial charge < -0.3 is 9.72 Å². The van der Waals surface area contributed by atoms with Crippen molar-refractivity contribution in [1.29, 1.82) is 0 Å². The van der Waals surface area contributed by atoms with E-state index in [2.05, 4.69) is 4.98 Å². The summed E-state index contributed by atoms with van der Waals surface area (Å²) >= 11 is 12.0. The lowest BCUT2D eigenvalue weighted by Crippen LogP contribution is -1.95. The van der Waals surface area contributed by atoms with Crippen LogP contribution in [0, 0.1) is 0 Å². The topological polar surface area (TPSA) is 25.0 Å². The van der Waals surface area contributed by atoms with Gasteiger partial charge >= 0.3 is 0 Å². The molecule has 0 spiro atoms. The molecule has 96 valence electrons. The summed E-state index contributed by atoms with van der Waals surface area (Å²) < 4.78 is 5.68. The fourth-order valence-electron chi connectivity index (χ4n) is 1.97. The third-order valence-electron chi connectivity index (χ3n) is 2.85. The molecule has 0 bridgehead atoms. The normalized spacial score (nSPS) is 10.8. The highest BCUT2D eigenvalue weighted by Crippen LogP contribution is 2.24. The minimum Gasteiger partial charge on any atom is -0.487 e. The van der Waals surface area contributed by atoms with Crippen LogP contribution in [0.3, 0.4) is 0 Å². The maximum Gasteiger partial charge on any atom is 0.128 e. The SMILES string of the molecule is Clc1cccc(OCc2cc3cccc(Cl)c3[nH]2)c1. The Labute approximate surface area is 120 Å². The van der Waals surface area contributed by atoms with Gasteiger partial charge in [0.15, 0.2) is 0 Å². The summed E-state index contributed by atoms with van der Waals surface area (Å²) in [5.74, 6) is 0.747. The number of para-hydroxylation sites is 1. The van der Waals surface area contributed by atoms with Gasteiger partial charge in [-0.3, -0.25) is 0 Å². The average molecular weight is 292 g/mol. The van der Waals surface area contributed by atoms with E-state index in [1.54, 1.807) is 6.07 Å². The van der Waals surface area contributed by atoms with Crippen LogP contribution in [-0.4, -0.2) is 4.98 Å². The molecule has 1 aromatic heterocycles. The van der Waals surface area contributed by atoms with Crippen molar-refractivity contribution in [2.45, 2.75) is 6.61 Å². The summed E-state index contributed by atoms with van der Waals surface area (Å²) in [6, 6.07) is 15.2. The van der Waals surface area contributed by atoms with Crippen LogP contribution in [-0.2, 0) is 6.61 Å². The summed E-state index contributed by atoms with van der Waals surface area (Å²) in [7, 11) is 0. The zero-order valence-corrected chi connectivity index (χ0v) is 11.5. The number of ether oxygens (including phenoxy) is 1. The van der Waals surface area contributed by atoms with Crippen molar-refractivity contribution in [3.8, 4) is 5.75 Å². The number of hydrogen-bond donors (Lipinski definition) is 1. The highest BCUT2D eigenvalue weighted by molar-refractivity contribution is 6.35. The van der Waals surface area contributed by atoms with Crippen LogP contribution in [0.1, 0.15) is 5.69 Å². The van der Waals surface area contributed by atoms with Crippen molar-refractivity contribution in [3.05, 3.63) is 64.3 Å². The van der Waals surface area contributed by atoms with Crippen molar-refractivity contribution < 1.29 is 4.74 Å². The van der Waals surface area contributed by atoms with E-state index in [-0.39, 0.29) is 0 Å². The molecule has 3 rings (SSSR count). The Morgan fingerprint density at radius 3 is 2.63 bits per heavy atom. The van der Waals surface area contributed by atoms with Crippen LogP contribution in [0.25, 0.3) is 10.9 Å². The van der Waals surface area contributed by atoms with Gasteiger partial charge in [0.05, 0.1) is 16.2 Å². The lowest BCUT2D eigenvalue weighted by atomic mass is 10.2. The molecule has 4 heteroatoms. The second-order valence-electron chi connectivity index (χ2n) is 4.24. The Balaban J connectivity index is 1.80. The maximum absolute atomic E-state index is 6.12. The predicted molar refractivity (Wildman–Crippen MR) is 79.1 cm³/mol. The standard InChI is InChI=1S/C15H11Cl2NO/c16-11-4-2-5-13(8-11)19-9-12-7-10-3-1-6-14(17)15(10)18-12/h1-8,18H,9H2. The molecule has 0 radical (unpaired) electrons. The fraction of sp³-hybridized carbons (Fsp3) is 0.0667. The Hall–Kier alpha value is -1.64. The molecular formula is C15H11Cl2NO. The van der Waals surface area contributed by atoms with Gasteiger partial charge in [0.1, 0.15) is 12.4 Å². The van der Waals surface area contributed by atoms with E-state index in [9.17, 15) is 0 Å². The molecule has 0 saturated carbocycles. The molecule has 0 amide bonds. The zero-order valence-electron chi connectivity index (χ0n) is 9.99. The molecule has 19 heavy (non-hydrogen) atoms. The van der Waals surface area contributed by atoms with Crippen molar-refractivity contribution in [3.63, 3.8) is 0 Å². The van der Waals surface area contributed by atoms with Gasteiger partial charge in [-0.1, -0.05) is 41.4 Å². The van der Waals surface area contributed by atoms with Crippen LogP contribution >= 0.6 is 23.2 Å². The number of rotatable bonds is 3. The minimum absolute atomic E-state index is 0.450. The molecule has 2 aromatic carbocycles. The van der Waals surface area contributed by atoms with Crippen LogP contribution in [0.4, 0.5) is 0 Å². The van der Waals surface area contributed by atoms with Gasteiger partial charge in [-0.25, -0.2) is 0 Å². The second-order valence-corrected chi connectivity index (χ2v) is 5.09. The summed E-state index contributed by atoms with van der Waals surface area (Å²) in [6.07, 6.45) is 0. The highest BCUT2D eigenvalue weighted by atomic mass is 35.5. The summed E-state index contributed by atoms with van der Waals surface area (Å²) in [5.41, 5.74) is 1.91. The smallest absolute Gasteiger partial charge is 0.128 e. The maximum atomic E-state index is 6.12. The zero-order chi connectivity index (χ0) is 13.2. The number of nitrogens with one attached hydrogen (secondary N) is 1. The van der Waals surface area contributed by atoms with E-state index in [1.165, 1.54) is 0 Å². The van der Waals surface area contributed by atoms with Crippen molar-refractivity contribution in [2.75, 3.05) is 0 Å². The van der Waals surface area contributed by atoms with E-state index in [4.69, 9.17) is 27.9 Å². The average Bonchev–Trinajstić information content (AvgIpc) is 2.81. The Morgan fingerprint density at radius 2 is 1.84 bits per heavy atom. The second kappa shape index (κ2) is 5.16. The lowest BCUT2D eigenvalue weighted by Gasteiger charge is -2.04. The monoisotopic (exact) mass is 291 g/mol. The van der Waals surface area contributed by atoms with Crippen LogP contribution in [0.5, 0.6) is 5.75 Å². The van der Waals surface area contributed by atoms with Crippen LogP contribution in [0.2, 0.25) is 10.0 Å². The van der Waals surface area contributed by atoms with Gasteiger partial charge in [0.2, 0.25) is 0 Å². The van der Waals surface area contributed by atoms with E-state index >= 15 is 0 Å². The van der Waals surface area contributed by atoms with Crippen molar-refractivity contribution in [1.82, 2.24) is 4.98 Å². The molecule has 0 fully saturated rings. The first kappa shape index (κ1) is 12.4. The molecular weight excluding hydrogens is 281 g/mol. The molecule has 3 aromatic rings. The first-order valence-corrected chi connectivity index (χ1v) is 6.62. The first-order valence-electron chi connectivity index (χ1n) is 5.87. The molecule has 0 unspecified atom stereocenters. The number of aromatic amines is 1. The summed E-state index contributed by atoms with van der Waals surface area (Å²) in [4.78, 5) is 3.26. The third-order valence-corrected chi connectivity index (χ3v) is 3.40. The Bertz CT molecular complexity index is 721. The number of benzene rings is 2. The third kappa shape index (κ3) is 2.70. The van der Waals surface area contributed by atoms with Gasteiger partial charge in [0, 0.05) is 10.4 Å². The molecule has 0 aliphatic carbocycles. The van der Waals surface area contributed by atoms with Crippen molar-refractivity contribution >= 4 is 34.1 Å².